The van der Waals surface area contributed by atoms with Crippen LogP contribution in [0.25, 0.3) is 11.1 Å². The third-order valence-electron chi connectivity index (χ3n) is 7.12. The van der Waals surface area contributed by atoms with Crippen molar-refractivity contribution in [3.8, 4) is 11.1 Å². The molecule has 8 nitrogen and oxygen atoms in total. The highest BCUT2D eigenvalue weighted by Crippen LogP contribution is 2.60. The van der Waals surface area contributed by atoms with Crippen molar-refractivity contribution in [3.63, 3.8) is 0 Å². The van der Waals surface area contributed by atoms with Crippen molar-refractivity contribution in [2.45, 2.75) is 49.8 Å². The number of carboxylic acids is 1. The van der Waals surface area contributed by atoms with Gasteiger partial charge in [-0.25, -0.2) is 4.79 Å². The molecule has 2 fully saturated rings. The topological polar surface area (TPSA) is 125 Å². The second-order valence-corrected chi connectivity index (χ2v) is 9.31. The number of carbonyl (C=O) groups is 3. The first-order valence-electron chi connectivity index (χ1n) is 11.2. The quantitative estimate of drug-likeness (QED) is 0.513. The zero-order valence-electron chi connectivity index (χ0n) is 18.0. The largest absolute Gasteiger partial charge is 0.481 e. The molecule has 0 radical (unpaired) electrons. The summed E-state index contributed by atoms with van der Waals surface area (Å²) in [4.78, 5) is 36.4. The molecular formula is C25H26N2O6. The van der Waals surface area contributed by atoms with Crippen molar-refractivity contribution in [2.75, 3.05) is 6.61 Å². The van der Waals surface area contributed by atoms with Gasteiger partial charge in [-0.3, -0.25) is 9.59 Å². The monoisotopic (exact) mass is 450 g/mol. The molecule has 8 heteroatoms. The second-order valence-electron chi connectivity index (χ2n) is 9.31. The number of fused-ring (bicyclic) bond motifs is 3. The fraction of sp³-hybridized carbons (Fsp3) is 0.400. The van der Waals surface area contributed by atoms with Crippen LogP contribution in [-0.4, -0.2) is 53.0 Å². The van der Waals surface area contributed by atoms with Crippen LogP contribution in [0, 0.1) is 5.41 Å². The van der Waals surface area contributed by atoms with Crippen molar-refractivity contribution in [1.29, 1.82) is 0 Å². The van der Waals surface area contributed by atoms with Crippen LogP contribution < -0.4 is 10.6 Å². The summed E-state index contributed by atoms with van der Waals surface area (Å²) in [5.41, 5.74) is 4.27. The van der Waals surface area contributed by atoms with Gasteiger partial charge >= 0.3 is 12.1 Å². The maximum Gasteiger partial charge on any atom is 0.407 e. The Bertz CT molecular complexity index is 1060. The Labute approximate surface area is 191 Å². The molecule has 33 heavy (non-hydrogen) atoms. The van der Waals surface area contributed by atoms with E-state index in [0.29, 0.717) is 12.8 Å². The highest BCUT2D eigenvalue weighted by Gasteiger charge is 2.62. The van der Waals surface area contributed by atoms with E-state index in [4.69, 9.17) is 4.74 Å². The van der Waals surface area contributed by atoms with Gasteiger partial charge in [-0.15, -0.1) is 0 Å². The van der Waals surface area contributed by atoms with E-state index < -0.39 is 30.4 Å². The summed E-state index contributed by atoms with van der Waals surface area (Å²) < 4.78 is 5.45. The number of nitrogens with one attached hydrogen (secondary N) is 2. The molecule has 2 aromatic carbocycles. The Morgan fingerprint density at radius 2 is 1.61 bits per heavy atom. The lowest BCUT2D eigenvalue weighted by Gasteiger charge is -2.33. The number of rotatable bonds is 7. The van der Waals surface area contributed by atoms with E-state index in [1.54, 1.807) is 0 Å². The van der Waals surface area contributed by atoms with E-state index in [1.165, 1.54) is 0 Å². The van der Waals surface area contributed by atoms with Crippen molar-refractivity contribution >= 4 is 18.0 Å². The van der Waals surface area contributed by atoms with Crippen LogP contribution in [0.3, 0.4) is 0 Å². The molecule has 0 aliphatic heterocycles. The van der Waals surface area contributed by atoms with E-state index in [2.05, 4.69) is 10.6 Å². The Hall–Kier alpha value is -3.39. The molecule has 3 aliphatic rings. The highest BCUT2D eigenvalue weighted by molar-refractivity contribution is 5.89. The van der Waals surface area contributed by atoms with E-state index in [-0.39, 0.29) is 30.1 Å². The number of aliphatic carboxylic acids is 1. The van der Waals surface area contributed by atoms with Gasteiger partial charge < -0.3 is 25.6 Å². The molecule has 1 spiro atoms. The fourth-order valence-corrected chi connectivity index (χ4v) is 5.32. The third kappa shape index (κ3) is 4.06. The van der Waals surface area contributed by atoms with Crippen molar-refractivity contribution in [2.24, 2.45) is 5.41 Å². The van der Waals surface area contributed by atoms with Gasteiger partial charge in [0.25, 0.3) is 0 Å². The molecule has 0 bridgehead atoms. The smallest absolute Gasteiger partial charge is 0.407 e. The molecule has 2 saturated carbocycles. The van der Waals surface area contributed by atoms with Gasteiger partial charge in [0.2, 0.25) is 5.91 Å². The zero-order valence-corrected chi connectivity index (χ0v) is 18.0. The minimum absolute atomic E-state index is 0.0629. The molecule has 0 saturated heterocycles. The molecule has 4 N–H and O–H groups in total. The van der Waals surface area contributed by atoms with E-state index in [1.807, 2.05) is 48.5 Å². The van der Waals surface area contributed by atoms with Crippen LogP contribution >= 0.6 is 0 Å². The molecule has 0 heterocycles. The average Bonchev–Trinajstić information content (AvgIpc) is 3.36. The van der Waals surface area contributed by atoms with E-state index in [9.17, 15) is 24.6 Å². The van der Waals surface area contributed by atoms with Crippen molar-refractivity contribution in [1.82, 2.24) is 10.6 Å². The first kappa shape index (κ1) is 21.5. The van der Waals surface area contributed by atoms with Gasteiger partial charge in [-0.05, 0) is 46.9 Å². The first-order chi connectivity index (χ1) is 15.9. The molecule has 5 rings (SSSR count). The third-order valence-corrected chi connectivity index (χ3v) is 7.12. The summed E-state index contributed by atoms with van der Waals surface area (Å²) >= 11 is 0. The van der Waals surface area contributed by atoms with E-state index in [0.717, 1.165) is 28.7 Å². The summed E-state index contributed by atoms with van der Waals surface area (Å²) in [6, 6.07) is 14.6. The fourth-order valence-electron chi connectivity index (χ4n) is 5.32. The van der Waals surface area contributed by atoms with Crippen LogP contribution in [0.15, 0.2) is 48.5 Å². The zero-order chi connectivity index (χ0) is 23.2. The van der Waals surface area contributed by atoms with Gasteiger partial charge in [0.1, 0.15) is 12.6 Å². The maximum absolute atomic E-state index is 12.7. The van der Waals surface area contributed by atoms with Crippen molar-refractivity contribution < 1.29 is 29.3 Å². The summed E-state index contributed by atoms with van der Waals surface area (Å²) in [7, 11) is 0. The van der Waals surface area contributed by atoms with E-state index >= 15 is 0 Å². The van der Waals surface area contributed by atoms with Crippen LogP contribution in [-0.2, 0) is 14.3 Å². The first-order valence-corrected chi connectivity index (χ1v) is 11.2. The lowest BCUT2D eigenvalue weighted by Crippen LogP contribution is -2.50. The Balaban J connectivity index is 1.21. The normalized spacial score (nSPS) is 25.4. The number of ether oxygens (including phenoxy) is 1. The summed E-state index contributed by atoms with van der Waals surface area (Å²) in [6.07, 6.45) is 0.338. The van der Waals surface area contributed by atoms with Crippen molar-refractivity contribution in [3.05, 3.63) is 59.7 Å². The van der Waals surface area contributed by atoms with Crippen LogP contribution in [0.4, 0.5) is 4.79 Å². The SMILES string of the molecule is O=C(O)CC(NC(=O)OCC1c2ccccc2-c2ccccc21)C(=O)NC1CC12CC(O)C2. The summed E-state index contributed by atoms with van der Waals surface area (Å²) in [5, 5.41) is 24.0. The van der Waals surface area contributed by atoms with Crippen LogP contribution in [0.2, 0.25) is 0 Å². The number of hydrogen-bond acceptors (Lipinski definition) is 5. The number of hydrogen-bond donors (Lipinski definition) is 4. The summed E-state index contributed by atoms with van der Waals surface area (Å²) in [6.45, 7) is 0.0743. The molecule has 2 aromatic rings. The van der Waals surface area contributed by atoms with Gasteiger partial charge in [0, 0.05) is 12.0 Å². The molecule has 3 aliphatic carbocycles. The summed E-state index contributed by atoms with van der Waals surface area (Å²) in [5.74, 6) is -1.88. The van der Waals surface area contributed by atoms with Gasteiger partial charge in [0.05, 0.1) is 12.5 Å². The lowest BCUT2D eigenvalue weighted by molar-refractivity contribution is -0.139. The molecule has 2 amide bonds. The lowest BCUT2D eigenvalue weighted by atomic mass is 9.78. The van der Waals surface area contributed by atoms with Gasteiger partial charge in [0.15, 0.2) is 0 Å². The van der Waals surface area contributed by atoms with Crippen LogP contribution in [0.5, 0.6) is 0 Å². The molecule has 0 aromatic heterocycles. The molecule has 172 valence electrons. The maximum atomic E-state index is 12.7. The Kier molecular flexibility index (Phi) is 5.32. The molecular weight excluding hydrogens is 424 g/mol. The molecule has 2 unspecified atom stereocenters. The van der Waals surface area contributed by atoms with Crippen LogP contribution in [0.1, 0.15) is 42.7 Å². The number of alkyl carbamates (subject to hydrolysis) is 1. The standard InChI is InChI=1S/C25H26N2O6/c28-14-10-25(11-14)12-21(25)27-23(31)20(9-22(29)30)26-24(32)33-13-19-17-7-3-1-5-15(17)16-6-2-4-8-18(16)19/h1-8,14,19-21,28H,9-13H2,(H,26,32)(H,27,31)(H,29,30). The number of carbonyl (C=O) groups excluding carboxylic acids is 2. The minimum atomic E-state index is -1.24. The van der Waals surface area contributed by atoms with Gasteiger partial charge in [-0.1, -0.05) is 48.5 Å². The number of aliphatic hydroxyl groups excluding tert-OH is 1. The number of carboxylic acid groups (broad SMARTS) is 1. The highest BCUT2D eigenvalue weighted by atomic mass is 16.5. The average molecular weight is 450 g/mol. The minimum Gasteiger partial charge on any atom is -0.481 e. The Morgan fingerprint density at radius 1 is 1.00 bits per heavy atom. The number of aliphatic hydroxyl groups is 1. The predicted octanol–water partition coefficient (Wildman–Crippen LogP) is 2.40. The number of amides is 2. The Morgan fingerprint density at radius 3 is 2.18 bits per heavy atom. The predicted molar refractivity (Wildman–Crippen MR) is 118 cm³/mol. The number of benzene rings is 2. The molecule has 2 atom stereocenters. The second kappa shape index (κ2) is 8.19. The van der Waals surface area contributed by atoms with Gasteiger partial charge in [-0.2, -0.15) is 0 Å².